The molecule has 0 N–H and O–H groups in total. The predicted octanol–water partition coefficient (Wildman–Crippen LogP) is 9.28. The lowest BCUT2D eigenvalue weighted by Gasteiger charge is -2.28. The van der Waals surface area contributed by atoms with Gasteiger partial charge in [-0.25, -0.2) is 0 Å². The number of allylic oxidation sites excluding steroid dienone is 5. The Balaban J connectivity index is 1.74. The van der Waals surface area contributed by atoms with Gasteiger partial charge in [-0.05, 0) is 50.7 Å². The molecule has 11 nitrogen and oxygen atoms in total. The molecule has 0 spiro atoms. The second kappa shape index (κ2) is 29.1. The van der Waals surface area contributed by atoms with Gasteiger partial charge in [0, 0.05) is 24.3 Å². The van der Waals surface area contributed by atoms with E-state index in [1.165, 1.54) is 77.0 Å². The fourth-order valence-corrected chi connectivity index (χ4v) is 7.30. The molecule has 5 atom stereocenters. The van der Waals surface area contributed by atoms with E-state index in [4.69, 9.17) is 23.3 Å². The maximum Gasteiger partial charge on any atom is 0.306 e. The number of phosphoric ester groups is 1. The number of carbonyl (C=O) groups is 3. The molecule has 2 rings (SSSR count). The van der Waals surface area contributed by atoms with Gasteiger partial charge in [0.25, 0.3) is 7.82 Å². The van der Waals surface area contributed by atoms with Crippen molar-refractivity contribution in [3.8, 4) is 0 Å². The molecule has 1 heterocycles. The Labute approximate surface area is 339 Å². The SMILES string of the molecule is CCCCC/C=C\C[C@H]1C=CC(=O)/C1=C/C1OC1CCCC(=O)O[C@H](COC(=O)CCCCCCCCCCCCCCC)COP(=O)([O-])OCC[N+](C)(C)C. The first-order chi connectivity index (χ1) is 26.8. The Morgan fingerprint density at radius 3 is 2.07 bits per heavy atom. The summed E-state index contributed by atoms with van der Waals surface area (Å²) in [7, 11) is 1.05. The summed E-state index contributed by atoms with van der Waals surface area (Å²) in [5.41, 5.74) is 0.763. The van der Waals surface area contributed by atoms with Crippen molar-refractivity contribution in [1.29, 1.82) is 0 Å². The van der Waals surface area contributed by atoms with E-state index in [1.807, 2.05) is 33.3 Å². The van der Waals surface area contributed by atoms with Crippen LogP contribution in [0.3, 0.4) is 0 Å². The van der Waals surface area contributed by atoms with Gasteiger partial charge in [0.05, 0.1) is 33.9 Å². The predicted molar refractivity (Wildman–Crippen MR) is 220 cm³/mol. The molecule has 12 heteroatoms. The van der Waals surface area contributed by atoms with Crippen LogP contribution in [0.15, 0.2) is 36.0 Å². The highest BCUT2D eigenvalue weighted by Crippen LogP contribution is 2.38. The van der Waals surface area contributed by atoms with Gasteiger partial charge in [0.1, 0.15) is 25.9 Å². The van der Waals surface area contributed by atoms with Crippen molar-refractivity contribution in [2.24, 2.45) is 5.92 Å². The third-order valence-electron chi connectivity index (χ3n) is 10.2. The van der Waals surface area contributed by atoms with Gasteiger partial charge in [-0.2, -0.15) is 0 Å². The number of nitrogens with zero attached hydrogens (tertiary/aromatic N) is 1. The van der Waals surface area contributed by atoms with E-state index in [0.29, 0.717) is 30.3 Å². The van der Waals surface area contributed by atoms with E-state index in [1.54, 1.807) is 6.08 Å². The Bertz CT molecular complexity index is 1260. The van der Waals surface area contributed by atoms with Crippen molar-refractivity contribution < 1.29 is 51.6 Å². The fourth-order valence-electron chi connectivity index (χ4n) is 6.57. The number of hydrogen-bond donors (Lipinski definition) is 0. The number of unbranched alkanes of at least 4 members (excludes halogenated alkanes) is 15. The van der Waals surface area contributed by atoms with Gasteiger partial charge < -0.3 is 32.6 Å². The largest absolute Gasteiger partial charge is 0.756 e. The molecule has 1 fully saturated rings. The quantitative estimate of drug-likeness (QED) is 0.0116. The van der Waals surface area contributed by atoms with Crippen molar-refractivity contribution in [2.45, 2.75) is 173 Å². The molecule has 1 aliphatic heterocycles. The van der Waals surface area contributed by atoms with Crippen molar-refractivity contribution >= 4 is 25.5 Å². The first kappa shape index (κ1) is 50.0. The average Bonchev–Trinajstić information content (AvgIpc) is 3.80. The number of epoxide rings is 1. The minimum absolute atomic E-state index is 0.0203. The highest BCUT2D eigenvalue weighted by Gasteiger charge is 2.38. The molecule has 0 radical (unpaired) electrons. The smallest absolute Gasteiger partial charge is 0.306 e. The first-order valence-corrected chi connectivity index (χ1v) is 23.3. The van der Waals surface area contributed by atoms with Gasteiger partial charge in [-0.15, -0.1) is 0 Å². The lowest BCUT2D eigenvalue weighted by Crippen LogP contribution is -2.37. The number of esters is 2. The van der Waals surface area contributed by atoms with Crippen LogP contribution in [0.5, 0.6) is 0 Å². The first-order valence-electron chi connectivity index (χ1n) is 21.8. The van der Waals surface area contributed by atoms with Crippen LogP contribution in [0.25, 0.3) is 0 Å². The molecular formula is C44H76NO10P. The Hall–Kier alpha value is -2.14. The van der Waals surface area contributed by atoms with Crippen molar-refractivity contribution in [3.05, 3.63) is 36.0 Å². The minimum Gasteiger partial charge on any atom is -0.756 e. The van der Waals surface area contributed by atoms with E-state index in [9.17, 15) is 23.8 Å². The van der Waals surface area contributed by atoms with E-state index in [-0.39, 0.29) is 50.0 Å². The molecule has 322 valence electrons. The average molecular weight is 810 g/mol. The molecule has 56 heavy (non-hydrogen) atoms. The number of likely N-dealkylation sites (N-methyl/N-ethyl adjacent to an activating group) is 1. The van der Waals surface area contributed by atoms with Crippen molar-refractivity contribution in [1.82, 2.24) is 0 Å². The molecule has 0 bridgehead atoms. The second-order valence-electron chi connectivity index (χ2n) is 16.6. The summed E-state index contributed by atoms with van der Waals surface area (Å²) in [5.74, 6) is -0.910. The van der Waals surface area contributed by atoms with E-state index in [0.717, 1.165) is 37.7 Å². The third kappa shape index (κ3) is 25.3. The lowest BCUT2D eigenvalue weighted by atomic mass is 9.96. The van der Waals surface area contributed by atoms with Crippen molar-refractivity contribution in [3.63, 3.8) is 0 Å². The summed E-state index contributed by atoms with van der Waals surface area (Å²) >= 11 is 0. The molecule has 1 saturated heterocycles. The van der Waals surface area contributed by atoms with E-state index >= 15 is 0 Å². The lowest BCUT2D eigenvalue weighted by molar-refractivity contribution is -0.870. The number of rotatable bonds is 35. The van der Waals surface area contributed by atoms with Crippen LogP contribution in [0.1, 0.15) is 155 Å². The van der Waals surface area contributed by atoms with Gasteiger partial charge in [0.2, 0.25) is 0 Å². The van der Waals surface area contributed by atoms with E-state index in [2.05, 4.69) is 26.0 Å². The van der Waals surface area contributed by atoms with Crippen LogP contribution in [0.2, 0.25) is 0 Å². The summed E-state index contributed by atoms with van der Waals surface area (Å²) < 4.78 is 39.7. The highest BCUT2D eigenvalue weighted by atomic mass is 31.2. The highest BCUT2D eigenvalue weighted by molar-refractivity contribution is 7.45. The maximum atomic E-state index is 12.8. The molecule has 0 aromatic heterocycles. The number of carbonyl (C=O) groups excluding carboxylic acids is 3. The number of quaternary nitrogens is 1. The number of phosphoric acid groups is 1. The van der Waals surface area contributed by atoms with Gasteiger partial charge >= 0.3 is 11.9 Å². The van der Waals surface area contributed by atoms with Crippen LogP contribution < -0.4 is 4.89 Å². The standard InChI is InChI=1S/C44H76NO10P/c1-6-8-10-12-14-15-16-17-18-19-20-22-24-28-43(47)51-35-38(36-53-56(49,50)52-33-32-45(3,4)5)54-44(48)29-25-27-41-42(55-41)34-39-37(30-31-40(39)46)26-23-21-13-11-9-7-2/h21,23,30-31,34,37-38,41-42H,6-20,22,24-29,32-33,35-36H2,1-5H3/b23-21-,39-34+/t37-,38+,41?,42?/m0/s1. The molecule has 0 saturated carbocycles. The summed E-state index contributed by atoms with van der Waals surface area (Å²) in [6.07, 6.45) is 30.9. The number of ketones is 1. The van der Waals surface area contributed by atoms with Crippen LogP contribution >= 0.6 is 7.82 Å². The Morgan fingerprint density at radius 2 is 1.43 bits per heavy atom. The zero-order chi connectivity index (χ0) is 41.1. The maximum absolute atomic E-state index is 12.8. The fraction of sp³-hybridized carbons (Fsp3) is 0.795. The summed E-state index contributed by atoms with van der Waals surface area (Å²) in [5, 5.41) is 0. The topological polar surface area (TPSA) is 141 Å². The summed E-state index contributed by atoms with van der Waals surface area (Å²) in [6.45, 7) is 3.96. The second-order valence-corrected chi connectivity index (χ2v) is 18.0. The molecule has 0 aromatic rings. The summed E-state index contributed by atoms with van der Waals surface area (Å²) in [4.78, 5) is 50.3. The van der Waals surface area contributed by atoms with Gasteiger partial charge in [-0.3, -0.25) is 18.9 Å². The molecule has 1 aliphatic carbocycles. The Morgan fingerprint density at radius 1 is 0.821 bits per heavy atom. The van der Waals surface area contributed by atoms with Crippen LogP contribution in [0.4, 0.5) is 0 Å². The van der Waals surface area contributed by atoms with E-state index < -0.39 is 32.5 Å². The molecule has 0 aromatic carbocycles. The van der Waals surface area contributed by atoms with Gasteiger partial charge in [-0.1, -0.05) is 122 Å². The third-order valence-corrected chi connectivity index (χ3v) is 11.1. The molecule has 3 unspecified atom stereocenters. The Kier molecular flexibility index (Phi) is 26.0. The normalized spacial score (nSPS) is 20.5. The molecule has 2 aliphatic rings. The molecule has 0 amide bonds. The van der Waals surface area contributed by atoms with Crippen LogP contribution in [0, 0.1) is 5.92 Å². The molecular weight excluding hydrogens is 733 g/mol. The van der Waals surface area contributed by atoms with Crippen LogP contribution in [-0.2, 0) is 42.2 Å². The number of ether oxygens (including phenoxy) is 3. The number of hydrogen-bond acceptors (Lipinski definition) is 10. The van der Waals surface area contributed by atoms with Gasteiger partial charge in [0.15, 0.2) is 11.9 Å². The monoisotopic (exact) mass is 810 g/mol. The van der Waals surface area contributed by atoms with Crippen LogP contribution in [-0.4, -0.2) is 88.0 Å². The van der Waals surface area contributed by atoms with Crippen molar-refractivity contribution in [2.75, 3.05) is 47.5 Å². The zero-order valence-corrected chi connectivity index (χ0v) is 36.5. The minimum atomic E-state index is -4.68. The summed E-state index contributed by atoms with van der Waals surface area (Å²) in [6, 6.07) is 0. The zero-order valence-electron chi connectivity index (χ0n) is 35.6.